The van der Waals surface area contributed by atoms with Crippen LogP contribution in [0.25, 0.3) is 11.3 Å². The monoisotopic (exact) mass is 303 g/mol. The number of carboxylic acids is 1. The van der Waals surface area contributed by atoms with Gasteiger partial charge in [0.15, 0.2) is 5.69 Å². The van der Waals surface area contributed by atoms with Crippen LogP contribution in [-0.2, 0) is 0 Å². The van der Waals surface area contributed by atoms with Gasteiger partial charge < -0.3 is 10.8 Å². The number of benzene rings is 1. The third-order valence-corrected chi connectivity index (χ3v) is 3.89. The Kier molecular flexibility index (Phi) is 3.29. The van der Waals surface area contributed by atoms with Gasteiger partial charge in [-0.15, -0.1) is 0 Å². The lowest BCUT2D eigenvalue weighted by Gasteiger charge is -2.13. The average molecular weight is 304 g/mol. The van der Waals surface area contributed by atoms with Gasteiger partial charge in [-0.05, 0) is 43.4 Å². The summed E-state index contributed by atoms with van der Waals surface area (Å²) < 4.78 is 0. The summed E-state index contributed by atoms with van der Waals surface area (Å²) in [6.45, 7) is 1.69. The molecule has 1 aliphatic carbocycles. The normalized spacial score (nSPS) is 14.2. The maximum Gasteiger partial charge on any atom is 0.354 e. The number of carbonyl (C=O) groups is 1. The topological polar surface area (TPSA) is 89.1 Å². The first-order chi connectivity index (χ1) is 9.97. The first kappa shape index (κ1) is 13.8. The minimum Gasteiger partial charge on any atom is -0.476 e. The molecule has 0 saturated heterocycles. The second-order valence-electron chi connectivity index (χ2n) is 5.22. The van der Waals surface area contributed by atoms with E-state index in [9.17, 15) is 9.90 Å². The molecule has 21 heavy (non-hydrogen) atoms. The number of hydrogen-bond acceptors (Lipinski definition) is 4. The van der Waals surface area contributed by atoms with Crippen LogP contribution in [0.1, 0.15) is 40.4 Å². The van der Waals surface area contributed by atoms with E-state index in [1.54, 1.807) is 6.92 Å². The highest BCUT2D eigenvalue weighted by Crippen LogP contribution is 2.45. The third kappa shape index (κ3) is 2.56. The van der Waals surface area contributed by atoms with Gasteiger partial charge in [-0.2, -0.15) is 0 Å². The number of anilines is 1. The van der Waals surface area contributed by atoms with Crippen LogP contribution in [0.4, 0.5) is 5.95 Å². The van der Waals surface area contributed by atoms with Crippen molar-refractivity contribution >= 4 is 23.5 Å². The molecular weight excluding hydrogens is 290 g/mol. The predicted octanol–water partition coefficient (Wildman–Crippen LogP) is 3.26. The Bertz CT molecular complexity index is 742. The molecule has 0 aliphatic heterocycles. The minimum atomic E-state index is -1.11. The SMILES string of the molecule is Cc1c(C(=O)O)nc(N)nc1-c1cc(Cl)ccc1C1CC1. The lowest BCUT2D eigenvalue weighted by molar-refractivity contribution is 0.0689. The molecule has 0 unspecified atom stereocenters. The third-order valence-electron chi connectivity index (χ3n) is 3.65. The molecule has 1 saturated carbocycles. The Morgan fingerprint density at radius 2 is 2.10 bits per heavy atom. The molecule has 3 rings (SSSR count). The van der Waals surface area contributed by atoms with Crippen molar-refractivity contribution in [2.24, 2.45) is 0 Å². The fourth-order valence-corrected chi connectivity index (χ4v) is 2.66. The maximum absolute atomic E-state index is 11.3. The van der Waals surface area contributed by atoms with Crippen molar-refractivity contribution in [2.45, 2.75) is 25.7 Å². The van der Waals surface area contributed by atoms with Gasteiger partial charge >= 0.3 is 5.97 Å². The van der Waals surface area contributed by atoms with E-state index < -0.39 is 5.97 Å². The maximum atomic E-state index is 11.3. The molecule has 1 aliphatic rings. The van der Waals surface area contributed by atoms with Crippen LogP contribution in [0.3, 0.4) is 0 Å². The summed E-state index contributed by atoms with van der Waals surface area (Å²) in [4.78, 5) is 19.3. The molecule has 1 heterocycles. The smallest absolute Gasteiger partial charge is 0.354 e. The average Bonchev–Trinajstić information content (AvgIpc) is 3.25. The minimum absolute atomic E-state index is 0.0466. The highest BCUT2D eigenvalue weighted by molar-refractivity contribution is 6.30. The molecule has 108 valence electrons. The van der Waals surface area contributed by atoms with Crippen molar-refractivity contribution in [3.8, 4) is 11.3 Å². The number of carboxylic acid groups (broad SMARTS) is 1. The fourth-order valence-electron chi connectivity index (χ4n) is 2.49. The number of nitrogens with two attached hydrogens (primary N) is 1. The van der Waals surface area contributed by atoms with Crippen molar-refractivity contribution in [1.82, 2.24) is 9.97 Å². The van der Waals surface area contributed by atoms with E-state index in [2.05, 4.69) is 9.97 Å². The highest BCUT2D eigenvalue weighted by atomic mass is 35.5. The van der Waals surface area contributed by atoms with E-state index in [4.69, 9.17) is 17.3 Å². The van der Waals surface area contributed by atoms with Gasteiger partial charge in [-0.25, -0.2) is 14.8 Å². The number of aromatic carboxylic acids is 1. The number of halogens is 1. The van der Waals surface area contributed by atoms with Crippen LogP contribution in [0, 0.1) is 6.92 Å². The molecule has 0 bridgehead atoms. The van der Waals surface area contributed by atoms with Crippen molar-refractivity contribution < 1.29 is 9.90 Å². The summed E-state index contributed by atoms with van der Waals surface area (Å²) in [5.74, 6) is -0.672. The summed E-state index contributed by atoms with van der Waals surface area (Å²) in [5.41, 5.74) is 8.62. The Balaban J connectivity index is 2.25. The molecule has 0 spiro atoms. The molecule has 1 aromatic heterocycles. The number of hydrogen-bond donors (Lipinski definition) is 2. The standard InChI is InChI=1S/C15H14ClN3O2/c1-7-12(18-15(17)19-13(7)14(20)21)11-6-9(16)4-5-10(11)8-2-3-8/h4-6,8H,2-3H2,1H3,(H,20,21)(H2,17,18,19). The van der Waals surface area contributed by atoms with Crippen molar-refractivity contribution in [1.29, 1.82) is 0 Å². The van der Waals surface area contributed by atoms with Crippen molar-refractivity contribution in [2.75, 3.05) is 5.73 Å². The van der Waals surface area contributed by atoms with E-state index in [-0.39, 0.29) is 11.6 Å². The Morgan fingerprint density at radius 3 is 2.71 bits per heavy atom. The summed E-state index contributed by atoms with van der Waals surface area (Å²) in [5, 5.41) is 9.82. The summed E-state index contributed by atoms with van der Waals surface area (Å²) in [6.07, 6.45) is 2.25. The van der Waals surface area contributed by atoms with E-state index in [0.29, 0.717) is 22.2 Å². The Labute approximate surface area is 126 Å². The molecule has 0 radical (unpaired) electrons. The first-order valence-electron chi connectivity index (χ1n) is 6.64. The largest absolute Gasteiger partial charge is 0.476 e. The van der Waals surface area contributed by atoms with Crippen LogP contribution >= 0.6 is 11.6 Å². The van der Waals surface area contributed by atoms with Crippen LogP contribution in [-0.4, -0.2) is 21.0 Å². The predicted molar refractivity (Wildman–Crippen MR) is 80.6 cm³/mol. The molecule has 1 fully saturated rings. The van der Waals surface area contributed by atoms with Crippen molar-refractivity contribution in [3.05, 3.63) is 40.0 Å². The quantitative estimate of drug-likeness (QED) is 0.908. The zero-order valence-corrected chi connectivity index (χ0v) is 12.2. The molecule has 0 amide bonds. The van der Waals surface area contributed by atoms with Gasteiger partial charge in [-0.1, -0.05) is 17.7 Å². The van der Waals surface area contributed by atoms with Gasteiger partial charge in [0.05, 0.1) is 5.69 Å². The zero-order chi connectivity index (χ0) is 15.1. The highest BCUT2D eigenvalue weighted by Gasteiger charge is 2.28. The number of aromatic nitrogens is 2. The van der Waals surface area contributed by atoms with E-state index >= 15 is 0 Å². The van der Waals surface area contributed by atoms with Crippen LogP contribution in [0.15, 0.2) is 18.2 Å². The lowest BCUT2D eigenvalue weighted by atomic mass is 9.97. The molecule has 6 heteroatoms. The Hall–Kier alpha value is -2.14. The van der Waals surface area contributed by atoms with Gasteiger partial charge in [-0.3, -0.25) is 0 Å². The molecule has 1 aromatic carbocycles. The first-order valence-corrected chi connectivity index (χ1v) is 7.02. The summed E-state index contributed by atoms with van der Waals surface area (Å²) in [6, 6.07) is 5.64. The van der Waals surface area contributed by atoms with E-state index in [0.717, 1.165) is 24.0 Å². The number of nitrogen functional groups attached to an aromatic ring is 1. The summed E-state index contributed by atoms with van der Waals surface area (Å²) >= 11 is 6.10. The van der Waals surface area contributed by atoms with Crippen LogP contribution in [0.5, 0.6) is 0 Å². The molecular formula is C15H14ClN3O2. The molecule has 5 nitrogen and oxygen atoms in total. The fraction of sp³-hybridized carbons (Fsp3) is 0.267. The second-order valence-corrected chi connectivity index (χ2v) is 5.65. The van der Waals surface area contributed by atoms with E-state index in [1.165, 1.54) is 0 Å². The molecule has 0 atom stereocenters. The van der Waals surface area contributed by atoms with Gasteiger partial charge in [0.2, 0.25) is 5.95 Å². The van der Waals surface area contributed by atoms with Crippen LogP contribution in [0.2, 0.25) is 5.02 Å². The molecule has 3 N–H and O–H groups in total. The van der Waals surface area contributed by atoms with Gasteiger partial charge in [0.25, 0.3) is 0 Å². The van der Waals surface area contributed by atoms with Crippen molar-refractivity contribution in [3.63, 3.8) is 0 Å². The van der Waals surface area contributed by atoms with Crippen LogP contribution < -0.4 is 5.73 Å². The lowest BCUT2D eigenvalue weighted by Crippen LogP contribution is -2.10. The Morgan fingerprint density at radius 1 is 1.38 bits per heavy atom. The zero-order valence-electron chi connectivity index (χ0n) is 11.4. The summed E-state index contributed by atoms with van der Waals surface area (Å²) in [7, 11) is 0. The number of nitrogens with zero attached hydrogens (tertiary/aromatic N) is 2. The number of rotatable bonds is 3. The van der Waals surface area contributed by atoms with Gasteiger partial charge in [0.1, 0.15) is 0 Å². The second kappa shape index (κ2) is 5.00. The van der Waals surface area contributed by atoms with E-state index in [1.807, 2.05) is 18.2 Å². The van der Waals surface area contributed by atoms with Gasteiger partial charge in [0, 0.05) is 16.1 Å². The molecule has 2 aromatic rings.